The summed E-state index contributed by atoms with van der Waals surface area (Å²) >= 11 is 0. The average Bonchev–Trinajstić information content (AvgIpc) is 2.84. The van der Waals surface area contributed by atoms with E-state index in [0.717, 1.165) is 16.7 Å². The Morgan fingerprint density at radius 2 is 1.76 bits per heavy atom. The number of hydrogen-bond donors (Lipinski definition) is 1. The zero-order valence-electron chi connectivity index (χ0n) is 19.1. The van der Waals surface area contributed by atoms with E-state index in [9.17, 15) is 14.0 Å². The average molecular weight is 445 g/mol. The number of nitrogens with zero attached hydrogens (tertiary/aromatic N) is 1. The van der Waals surface area contributed by atoms with Crippen LogP contribution in [0.1, 0.15) is 45.0 Å². The van der Waals surface area contributed by atoms with Gasteiger partial charge in [-0.1, -0.05) is 60.2 Å². The smallest absolute Gasteiger partial charge is 0.253 e. The van der Waals surface area contributed by atoms with Crippen molar-refractivity contribution in [3.05, 3.63) is 106 Å². The largest absolute Gasteiger partial charge is 0.352 e. The van der Waals surface area contributed by atoms with Crippen LogP contribution in [0, 0.1) is 25.6 Å². The summed E-state index contributed by atoms with van der Waals surface area (Å²) in [6, 6.07) is 22.2. The van der Waals surface area contributed by atoms with E-state index in [1.807, 2.05) is 49.4 Å². The number of likely N-dealkylation sites (tertiary alicyclic amines) is 1. The van der Waals surface area contributed by atoms with Crippen molar-refractivity contribution < 1.29 is 14.0 Å². The van der Waals surface area contributed by atoms with Gasteiger partial charge in [-0.2, -0.15) is 0 Å². The fourth-order valence-electron chi connectivity index (χ4n) is 4.54. The number of carbonyl (C=O) groups excluding carboxylic acids is 2. The van der Waals surface area contributed by atoms with Gasteiger partial charge in [0.15, 0.2) is 0 Å². The van der Waals surface area contributed by atoms with Crippen molar-refractivity contribution in [1.82, 2.24) is 10.2 Å². The number of halogens is 1. The number of rotatable bonds is 5. The first-order chi connectivity index (χ1) is 15.9. The summed E-state index contributed by atoms with van der Waals surface area (Å²) in [5.74, 6) is -0.784. The van der Waals surface area contributed by atoms with Gasteiger partial charge in [-0.05, 0) is 55.2 Å². The molecule has 1 heterocycles. The van der Waals surface area contributed by atoms with E-state index in [4.69, 9.17) is 0 Å². The van der Waals surface area contributed by atoms with Crippen LogP contribution in [0.25, 0.3) is 0 Å². The lowest BCUT2D eigenvalue weighted by atomic mass is 9.83. The molecular weight excluding hydrogens is 415 g/mol. The lowest BCUT2D eigenvalue weighted by Gasteiger charge is -2.37. The molecule has 1 aliphatic heterocycles. The third kappa shape index (κ3) is 5.48. The number of benzene rings is 3. The van der Waals surface area contributed by atoms with Crippen LogP contribution in [0.3, 0.4) is 0 Å². The number of carbonyl (C=O) groups is 2. The number of aryl methyl sites for hydroxylation is 2. The van der Waals surface area contributed by atoms with Gasteiger partial charge in [-0.25, -0.2) is 4.39 Å². The van der Waals surface area contributed by atoms with Gasteiger partial charge in [-0.3, -0.25) is 9.59 Å². The molecule has 2 atom stereocenters. The van der Waals surface area contributed by atoms with Crippen LogP contribution in [-0.4, -0.2) is 29.8 Å². The highest BCUT2D eigenvalue weighted by atomic mass is 19.1. The molecule has 2 amide bonds. The molecule has 3 aromatic rings. The zero-order valence-corrected chi connectivity index (χ0v) is 19.1. The van der Waals surface area contributed by atoms with Crippen LogP contribution in [0.5, 0.6) is 0 Å². The van der Waals surface area contributed by atoms with Crippen LogP contribution in [0.2, 0.25) is 0 Å². The molecule has 0 bridgehead atoms. The van der Waals surface area contributed by atoms with Gasteiger partial charge in [0.05, 0.1) is 5.92 Å². The predicted octanol–water partition coefficient (Wildman–Crippen LogP) is 5.00. The number of amides is 2. The number of nitrogens with one attached hydrogen (secondary N) is 1. The topological polar surface area (TPSA) is 49.4 Å². The van der Waals surface area contributed by atoms with Gasteiger partial charge in [0.25, 0.3) is 5.91 Å². The molecule has 2 unspecified atom stereocenters. The first-order valence-corrected chi connectivity index (χ1v) is 11.3. The highest BCUT2D eigenvalue weighted by molar-refractivity contribution is 5.94. The van der Waals surface area contributed by atoms with Gasteiger partial charge in [0, 0.05) is 31.1 Å². The van der Waals surface area contributed by atoms with E-state index in [1.165, 1.54) is 6.07 Å². The molecular formula is C28H29FN2O2. The van der Waals surface area contributed by atoms with Crippen LogP contribution >= 0.6 is 0 Å². The minimum Gasteiger partial charge on any atom is -0.352 e. The molecule has 0 saturated carbocycles. The fourth-order valence-corrected chi connectivity index (χ4v) is 4.54. The molecule has 0 aliphatic carbocycles. The maximum Gasteiger partial charge on any atom is 0.253 e. The molecule has 3 aromatic carbocycles. The predicted molar refractivity (Wildman–Crippen MR) is 127 cm³/mol. The highest BCUT2D eigenvalue weighted by Gasteiger charge is 2.35. The summed E-state index contributed by atoms with van der Waals surface area (Å²) in [7, 11) is 0. The van der Waals surface area contributed by atoms with Crippen LogP contribution in [0.15, 0.2) is 72.8 Å². The van der Waals surface area contributed by atoms with Crippen LogP contribution in [-0.2, 0) is 11.3 Å². The minimum atomic E-state index is -0.341. The van der Waals surface area contributed by atoms with E-state index < -0.39 is 0 Å². The second-order valence-corrected chi connectivity index (χ2v) is 8.92. The zero-order chi connectivity index (χ0) is 23.4. The highest BCUT2D eigenvalue weighted by Crippen LogP contribution is 2.32. The first kappa shape index (κ1) is 22.7. The second-order valence-electron chi connectivity index (χ2n) is 8.92. The van der Waals surface area contributed by atoms with Crippen molar-refractivity contribution in [1.29, 1.82) is 0 Å². The molecule has 4 nitrogen and oxygen atoms in total. The monoisotopic (exact) mass is 444 g/mol. The van der Waals surface area contributed by atoms with Gasteiger partial charge in [-0.15, -0.1) is 0 Å². The summed E-state index contributed by atoms with van der Waals surface area (Å²) in [5.41, 5.74) is 4.32. The van der Waals surface area contributed by atoms with Crippen molar-refractivity contribution in [2.75, 3.05) is 13.1 Å². The molecule has 5 heteroatoms. The third-order valence-electron chi connectivity index (χ3n) is 6.33. The quantitative estimate of drug-likeness (QED) is 0.602. The standard InChI is InChI=1S/C28H29FN2O2/c1-19-7-6-8-21(13-19)16-30-27(32)25-15-24(23-11-12-26(29)20(2)14-23)17-31(18-25)28(33)22-9-4-3-5-10-22/h3-14,24-25H,15-18H2,1-2H3,(H,30,32). The van der Waals surface area contributed by atoms with E-state index in [0.29, 0.717) is 37.2 Å². The molecule has 1 saturated heterocycles. The fraction of sp³-hybridized carbons (Fsp3) is 0.286. The lowest BCUT2D eigenvalue weighted by molar-refractivity contribution is -0.126. The van der Waals surface area contributed by atoms with Crippen molar-refractivity contribution in [2.45, 2.75) is 32.7 Å². The Kier molecular flexibility index (Phi) is 6.87. The summed E-state index contributed by atoms with van der Waals surface area (Å²) in [5, 5.41) is 3.05. The lowest BCUT2D eigenvalue weighted by Crippen LogP contribution is -2.48. The third-order valence-corrected chi connectivity index (χ3v) is 6.33. The normalized spacial score (nSPS) is 18.1. The maximum absolute atomic E-state index is 13.9. The van der Waals surface area contributed by atoms with Crippen molar-refractivity contribution in [3.63, 3.8) is 0 Å². The molecule has 170 valence electrons. The van der Waals surface area contributed by atoms with Gasteiger partial charge >= 0.3 is 0 Å². The van der Waals surface area contributed by atoms with E-state index >= 15 is 0 Å². The Hall–Kier alpha value is -3.47. The Labute approximate surface area is 194 Å². The van der Waals surface area contributed by atoms with Gasteiger partial charge < -0.3 is 10.2 Å². The van der Waals surface area contributed by atoms with Crippen molar-refractivity contribution in [2.24, 2.45) is 5.92 Å². The van der Waals surface area contributed by atoms with Crippen LogP contribution in [0.4, 0.5) is 4.39 Å². The first-order valence-electron chi connectivity index (χ1n) is 11.3. The van der Waals surface area contributed by atoms with Crippen molar-refractivity contribution in [3.8, 4) is 0 Å². The molecule has 0 radical (unpaired) electrons. The molecule has 1 fully saturated rings. The molecule has 1 N–H and O–H groups in total. The Morgan fingerprint density at radius 1 is 0.970 bits per heavy atom. The van der Waals surface area contributed by atoms with Crippen LogP contribution < -0.4 is 5.32 Å². The molecule has 0 aromatic heterocycles. The van der Waals surface area contributed by atoms with E-state index in [2.05, 4.69) is 11.4 Å². The Bertz CT molecular complexity index is 1150. The maximum atomic E-state index is 13.9. The Morgan fingerprint density at radius 3 is 2.48 bits per heavy atom. The summed E-state index contributed by atoms with van der Waals surface area (Å²) in [6.07, 6.45) is 0.614. The number of hydrogen-bond acceptors (Lipinski definition) is 2. The molecule has 1 aliphatic rings. The van der Waals surface area contributed by atoms with E-state index in [-0.39, 0.29) is 29.5 Å². The summed E-state index contributed by atoms with van der Waals surface area (Å²) in [4.78, 5) is 28.1. The molecule has 33 heavy (non-hydrogen) atoms. The minimum absolute atomic E-state index is 0.0413. The Balaban J connectivity index is 1.55. The molecule has 4 rings (SSSR count). The molecule has 0 spiro atoms. The second kappa shape index (κ2) is 9.99. The summed E-state index contributed by atoms with van der Waals surface area (Å²) < 4.78 is 13.9. The summed E-state index contributed by atoms with van der Waals surface area (Å²) in [6.45, 7) is 5.07. The van der Waals surface area contributed by atoms with Gasteiger partial charge in [0.1, 0.15) is 5.82 Å². The SMILES string of the molecule is Cc1cccc(CNC(=O)C2CC(c3ccc(F)c(C)c3)CN(C(=O)c3ccccc3)C2)c1. The van der Waals surface area contributed by atoms with Gasteiger partial charge in [0.2, 0.25) is 5.91 Å². The number of piperidine rings is 1. The van der Waals surface area contributed by atoms with Crippen molar-refractivity contribution >= 4 is 11.8 Å². The van der Waals surface area contributed by atoms with E-state index in [1.54, 1.807) is 30.0 Å².